The maximum Gasteiger partial charge on any atom is 0.335 e. The van der Waals surface area contributed by atoms with Gasteiger partial charge < -0.3 is 9.47 Å². The molecular weight excluding hydrogens is 616 g/mol. The largest absolute Gasteiger partial charge is 0.490 e. The molecule has 36 heavy (non-hydrogen) atoms. The highest BCUT2D eigenvalue weighted by Crippen LogP contribution is 2.36. The zero-order valence-corrected chi connectivity index (χ0v) is 22.8. The maximum atomic E-state index is 13.2. The number of rotatable bonds is 7. The number of hydrogen-bond donors (Lipinski definition) is 1. The number of barbiturate groups is 1. The second-order valence-corrected chi connectivity index (χ2v) is 9.81. The van der Waals surface area contributed by atoms with E-state index in [4.69, 9.17) is 21.1 Å². The van der Waals surface area contributed by atoms with Gasteiger partial charge in [0.25, 0.3) is 11.8 Å². The Morgan fingerprint density at radius 3 is 2.28 bits per heavy atom. The number of benzene rings is 3. The Morgan fingerprint density at radius 1 is 0.944 bits per heavy atom. The highest BCUT2D eigenvalue weighted by Gasteiger charge is 2.37. The first-order chi connectivity index (χ1) is 17.3. The number of carbonyl (C=O) groups excluding carboxylic acids is 3. The fourth-order valence-corrected chi connectivity index (χ4v) is 4.25. The van der Waals surface area contributed by atoms with Crippen molar-refractivity contribution in [2.75, 3.05) is 11.5 Å². The van der Waals surface area contributed by atoms with Crippen LogP contribution in [0.4, 0.5) is 10.5 Å². The summed E-state index contributed by atoms with van der Waals surface area (Å²) in [6.07, 6.45) is 1.40. The number of amides is 4. The van der Waals surface area contributed by atoms with Crippen molar-refractivity contribution in [2.24, 2.45) is 0 Å². The first-order valence-electron chi connectivity index (χ1n) is 10.8. The molecular formula is C26H19Br2ClN2O5. The topological polar surface area (TPSA) is 84.9 Å². The first-order valence-corrected chi connectivity index (χ1v) is 12.7. The lowest BCUT2D eigenvalue weighted by molar-refractivity contribution is -0.122. The molecule has 0 spiro atoms. The molecule has 1 aliphatic rings. The Labute approximate surface area is 229 Å². The number of halogens is 3. The summed E-state index contributed by atoms with van der Waals surface area (Å²) >= 11 is 12.8. The minimum atomic E-state index is -0.838. The van der Waals surface area contributed by atoms with Gasteiger partial charge in [-0.15, -0.1) is 0 Å². The summed E-state index contributed by atoms with van der Waals surface area (Å²) in [6, 6.07) is 16.4. The van der Waals surface area contributed by atoms with Crippen molar-refractivity contribution < 1.29 is 23.9 Å². The zero-order valence-electron chi connectivity index (χ0n) is 18.9. The average molecular weight is 635 g/mol. The smallest absolute Gasteiger partial charge is 0.335 e. The Balaban J connectivity index is 1.65. The van der Waals surface area contributed by atoms with Crippen LogP contribution in [-0.2, 0) is 16.2 Å². The molecule has 1 fully saturated rings. The van der Waals surface area contributed by atoms with Gasteiger partial charge in [0.2, 0.25) is 0 Å². The molecule has 0 aliphatic carbocycles. The Morgan fingerprint density at radius 2 is 1.61 bits per heavy atom. The molecule has 184 valence electrons. The normalized spacial score (nSPS) is 14.7. The highest BCUT2D eigenvalue weighted by molar-refractivity contribution is 9.10. The van der Waals surface area contributed by atoms with Gasteiger partial charge in [-0.25, -0.2) is 9.69 Å². The molecule has 4 amide bonds. The number of anilines is 1. The molecule has 0 bridgehead atoms. The third-order valence-corrected chi connectivity index (χ3v) is 6.62. The summed E-state index contributed by atoms with van der Waals surface area (Å²) in [6.45, 7) is 2.54. The molecule has 1 aliphatic heterocycles. The van der Waals surface area contributed by atoms with E-state index >= 15 is 0 Å². The van der Waals surface area contributed by atoms with Crippen LogP contribution in [0.15, 0.2) is 75.2 Å². The number of hydrogen-bond acceptors (Lipinski definition) is 5. The van der Waals surface area contributed by atoms with Crippen LogP contribution in [0.2, 0.25) is 5.02 Å². The van der Waals surface area contributed by atoms with Crippen molar-refractivity contribution >= 4 is 73.1 Å². The number of nitrogens with zero attached hydrogens (tertiary/aromatic N) is 1. The van der Waals surface area contributed by atoms with E-state index in [1.54, 1.807) is 24.3 Å². The number of carbonyl (C=O) groups is 3. The Hall–Kier alpha value is -3.14. The van der Waals surface area contributed by atoms with Crippen LogP contribution in [-0.4, -0.2) is 24.5 Å². The lowest BCUT2D eigenvalue weighted by Crippen LogP contribution is -2.54. The monoisotopic (exact) mass is 632 g/mol. The minimum absolute atomic E-state index is 0.212. The lowest BCUT2D eigenvalue weighted by atomic mass is 10.1. The molecule has 0 radical (unpaired) electrons. The van der Waals surface area contributed by atoms with Crippen LogP contribution in [0.25, 0.3) is 6.08 Å². The number of imide groups is 2. The van der Waals surface area contributed by atoms with Gasteiger partial charge in [0, 0.05) is 14.0 Å². The van der Waals surface area contributed by atoms with Gasteiger partial charge in [-0.05, 0) is 72.7 Å². The Kier molecular flexibility index (Phi) is 8.13. The van der Waals surface area contributed by atoms with Gasteiger partial charge in [0.05, 0.1) is 12.3 Å². The summed E-state index contributed by atoms with van der Waals surface area (Å²) in [7, 11) is 0. The van der Waals surface area contributed by atoms with Crippen molar-refractivity contribution in [3.05, 3.63) is 91.3 Å². The molecule has 0 unspecified atom stereocenters. The van der Waals surface area contributed by atoms with Crippen LogP contribution < -0.4 is 19.7 Å². The highest BCUT2D eigenvalue weighted by atomic mass is 79.9. The summed E-state index contributed by atoms with van der Waals surface area (Å²) in [5, 5.41) is 2.66. The molecule has 3 aromatic carbocycles. The number of urea groups is 1. The first kappa shape index (κ1) is 25.9. The molecule has 1 N–H and O–H groups in total. The molecule has 0 atom stereocenters. The van der Waals surface area contributed by atoms with Crippen molar-refractivity contribution in [3.63, 3.8) is 0 Å². The zero-order chi connectivity index (χ0) is 25.8. The summed E-state index contributed by atoms with van der Waals surface area (Å²) in [5.74, 6) is -0.618. The van der Waals surface area contributed by atoms with Crippen molar-refractivity contribution in [2.45, 2.75) is 13.5 Å². The van der Waals surface area contributed by atoms with Gasteiger partial charge in [-0.1, -0.05) is 55.6 Å². The fourth-order valence-electron chi connectivity index (χ4n) is 3.42. The van der Waals surface area contributed by atoms with Gasteiger partial charge >= 0.3 is 6.03 Å². The van der Waals surface area contributed by atoms with E-state index in [1.165, 1.54) is 18.2 Å². The molecule has 10 heteroatoms. The van der Waals surface area contributed by atoms with E-state index in [0.29, 0.717) is 39.8 Å². The van der Waals surface area contributed by atoms with Crippen LogP contribution in [0.5, 0.6) is 11.5 Å². The maximum absolute atomic E-state index is 13.2. The average Bonchev–Trinajstić information content (AvgIpc) is 2.84. The lowest BCUT2D eigenvalue weighted by Gasteiger charge is -2.26. The predicted octanol–water partition coefficient (Wildman–Crippen LogP) is 6.51. The van der Waals surface area contributed by atoms with Crippen molar-refractivity contribution in [3.8, 4) is 11.5 Å². The van der Waals surface area contributed by atoms with E-state index in [1.807, 2.05) is 31.2 Å². The van der Waals surface area contributed by atoms with Crippen LogP contribution in [0.1, 0.15) is 18.1 Å². The van der Waals surface area contributed by atoms with Crippen LogP contribution >= 0.6 is 43.5 Å². The van der Waals surface area contributed by atoms with Gasteiger partial charge in [-0.2, -0.15) is 0 Å². The number of ether oxygens (including phenoxy) is 2. The van der Waals surface area contributed by atoms with Crippen LogP contribution in [0, 0.1) is 0 Å². The third-order valence-electron chi connectivity index (χ3n) is 5.16. The summed E-state index contributed by atoms with van der Waals surface area (Å²) in [4.78, 5) is 39.1. The molecule has 3 aromatic rings. The van der Waals surface area contributed by atoms with Gasteiger partial charge in [-0.3, -0.25) is 14.9 Å². The SMILES string of the molecule is CCOc1cc(/C=C2\C(=O)NC(=O)N(c3ccc(Cl)cc3)C2=O)c(Br)cc1OCc1ccc(Br)cc1. The molecule has 4 rings (SSSR count). The fraction of sp³-hybridized carbons (Fsp3) is 0.115. The van der Waals surface area contributed by atoms with E-state index < -0.39 is 17.8 Å². The third kappa shape index (κ3) is 5.80. The molecule has 0 saturated carbocycles. The molecule has 1 heterocycles. The van der Waals surface area contributed by atoms with Crippen LogP contribution in [0.3, 0.4) is 0 Å². The predicted molar refractivity (Wildman–Crippen MR) is 144 cm³/mol. The quantitative estimate of drug-likeness (QED) is 0.237. The van der Waals surface area contributed by atoms with Gasteiger partial charge in [0.15, 0.2) is 11.5 Å². The van der Waals surface area contributed by atoms with E-state index in [-0.39, 0.29) is 11.3 Å². The molecule has 1 saturated heterocycles. The second-order valence-electron chi connectivity index (χ2n) is 7.60. The second kappa shape index (κ2) is 11.3. The summed E-state index contributed by atoms with van der Waals surface area (Å²) < 4.78 is 13.3. The Bertz CT molecular complexity index is 1360. The van der Waals surface area contributed by atoms with E-state index in [9.17, 15) is 14.4 Å². The van der Waals surface area contributed by atoms with E-state index in [0.717, 1.165) is 14.9 Å². The van der Waals surface area contributed by atoms with E-state index in [2.05, 4.69) is 37.2 Å². The summed E-state index contributed by atoms with van der Waals surface area (Å²) in [5.41, 5.74) is 1.54. The molecule has 7 nitrogen and oxygen atoms in total. The minimum Gasteiger partial charge on any atom is -0.490 e. The number of nitrogens with one attached hydrogen (secondary N) is 1. The molecule has 0 aromatic heterocycles. The van der Waals surface area contributed by atoms with Crippen molar-refractivity contribution in [1.82, 2.24) is 5.32 Å². The van der Waals surface area contributed by atoms with Gasteiger partial charge in [0.1, 0.15) is 12.2 Å². The standard InChI is InChI=1S/C26H19Br2ClN2O5/c1-2-35-22-12-16(21(28)13-23(22)36-14-15-3-5-17(27)6-4-15)11-20-24(32)30-26(34)31(25(20)33)19-9-7-18(29)8-10-19/h3-13H,2,14H2,1H3,(H,30,32,34)/b20-11+. The van der Waals surface area contributed by atoms with Crippen molar-refractivity contribution in [1.29, 1.82) is 0 Å².